The monoisotopic (exact) mass is 401 g/mol. The number of amides is 2. The second kappa shape index (κ2) is 8.73. The third kappa shape index (κ3) is 4.30. The van der Waals surface area contributed by atoms with Crippen LogP contribution in [0, 0.1) is 6.92 Å². The lowest BCUT2D eigenvalue weighted by Gasteiger charge is -2.29. The molecule has 30 heavy (non-hydrogen) atoms. The van der Waals surface area contributed by atoms with Gasteiger partial charge in [0, 0.05) is 18.9 Å². The molecule has 0 unspecified atom stereocenters. The van der Waals surface area contributed by atoms with Crippen LogP contribution in [0.2, 0.25) is 0 Å². The highest BCUT2D eigenvalue weighted by atomic mass is 16.2. The van der Waals surface area contributed by atoms with Gasteiger partial charge in [-0.15, -0.1) is 0 Å². The van der Waals surface area contributed by atoms with Crippen LogP contribution in [-0.2, 0) is 17.8 Å². The Hall–Kier alpha value is -3.74. The van der Waals surface area contributed by atoms with Crippen molar-refractivity contribution >= 4 is 23.3 Å². The maximum Gasteiger partial charge on any atom is 0.252 e. The van der Waals surface area contributed by atoms with E-state index >= 15 is 0 Å². The number of hydrogen-bond acceptors (Lipinski definition) is 5. The van der Waals surface area contributed by atoms with Crippen molar-refractivity contribution in [1.29, 1.82) is 0 Å². The lowest BCUT2D eigenvalue weighted by molar-refractivity contribution is -0.117. The zero-order valence-corrected chi connectivity index (χ0v) is 16.8. The number of aryl methyl sites for hydroxylation is 1. The van der Waals surface area contributed by atoms with Crippen molar-refractivity contribution in [2.75, 3.05) is 23.3 Å². The molecule has 3 heterocycles. The minimum absolute atomic E-state index is 0.0907. The summed E-state index contributed by atoms with van der Waals surface area (Å²) in [6, 6.07) is 15.4. The highest BCUT2D eigenvalue weighted by molar-refractivity contribution is 6.04. The average molecular weight is 401 g/mol. The minimum atomic E-state index is -0.213. The van der Waals surface area contributed by atoms with E-state index in [9.17, 15) is 9.59 Å². The molecule has 1 aliphatic rings. The molecule has 2 N–H and O–H groups in total. The van der Waals surface area contributed by atoms with Crippen molar-refractivity contribution in [2.45, 2.75) is 19.9 Å². The molecule has 152 valence electrons. The topological polar surface area (TPSA) is 87.2 Å². The summed E-state index contributed by atoms with van der Waals surface area (Å²) in [5.74, 6) is 0.281. The number of carbonyl (C=O) groups is 2. The molecule has 3 aromatic rings. The van der Waals surface area contributed by atoms with Gasteiger partial charge in [-0.3, -0.25) is 14.6 Å². The quantitative estimate of drug-likeness (QED) is 0.663. The van der Waals surface area contributed by atoms with E-state index in [0.29, 0.717) is 30.2 Å². The van der Waals surface area contributed by atoms with Crippen LogP contribution >= 0.6 is 0 Å². The van der Waals surface area contributed by atoms with E-state index in [2.05, 4.69) is 39.7 Å². The second-order valence-electron chi connectivity index (χ2n) is 7.18. The van der Waals surface area contributed by atoms with E-state index in [0.717, 1.165) is 12.1 Å². The van der Waals surface area contributed by atoms with Gasteiger partial charge in [-0.25, -0.2) is 4.98 Å². The fraction of sp³-hybridized carbons (Fsp3) is 0.217. The van der Waals surface area contributed by atoms with Gasteiger partial charge in [-0.05, 0) is 42.7 Å². The van der Waals surface area contributed by atoms with Crippen molar-refractivity contribution in [3.8, 4) is 0 Å². The van der Waals surface area contributed by atoms with Crippen LogP contribution in [0.15, 0.2) is 60.9 Å². The number of carbonyl (C=O) groups excluding carboxylic acids is 2. The van der Waals surface area contributed by atoms with Gasteiger partial charge in [0.05, 0.1) is 30.0 Å². The third-order valence-corrected chi connectivity index (χ3v) is 5.12. The van der Waals surface area contributed by atoms with E-state index in [1.54, 1.807) is 17.2 Å². The molecule has 0 radical (unpaired) electrons. The largest absolute Gasteiger partial charge is 0.359 e. The van der Waals surface area contributed by atoms with Gasteiger partial charge in [0.1, 0.15) is 0 Å². The first-order chi connectivity index (χ1) is 14.6. The third-order valence-electron chi connectivity index (χ3n) is 5.12. The van der Waals surface area contributed by atoms with E-state index in [1.165, 1.54) is 17.3 Å². The van der Waals surface area contributed by atoms with Crippen LogP contribution in [0.3, 0.4) is 0 Å². The summed E-state index contributed by atoms with van der Waals surface area (Å²) in [6.45, 7) is 3.07. The maximum absolute atomic E-state index is 12.7. The van der Waals surface area contributed by atoms with Gasteiger partial charge in [0.2, 0.25) is 5.91 Å². The summed E-state index contributed by atoms with van der Waals surface area (Å²) in [5, 5.41) is 5.95. The summed E-state index contributed by atoms with van der Waals surface area (Å²) in [7, 11) is 0. The Morgan fingerprint density at radius 2 is 2.00 bits per heavy atom. The molecule has 0 bridgehead atoms. The van der Waals surface area contributed by atoms with E-state index < -0.39 is 0 Å². The van der Waals surface area contributed by atoms with Crippen molar-refractivity contribution in [3.05, 3.63) is 83.3 Å². The predicted molar refractivity (Wildman–Crippen MR) is 115 cm³/mol. The SMILES string of the molecule is Cc1ccccc1CCNC(=O)c1cnc2c(c1)N(Cc1ccccn1)C(=O)CN2. The Bertz CT molecular complexity index is 1070. The molecule has 7 heteroatoms. The van der Waals surface area contributed by atoms with Crippen LogP contribution < -0.4 is 15.5 Å². The molecule has 2 aromatic heterocycles. The number of fused-ring (bicyclic) bond motifs is 1. The predicted octanol–water partition coefficient (Wildman–Crippen LogP) is 2.72. The van der Waals surface area contributed by atoms with E-state index in [1.807, 2.05) is 30.3 Å². The van der Waals surface area contributed by atoms with Gasteiger partial charge in [0.25, 0.3) is 5.91 Å². The summed E-state index contributed by atoms with van der Waals surface area (Å²) in [4.78, 5) is 35.5. The van der Waals surface area contributed by atoms with Crippen LogP contribution in [0.4, 0.5) is 11.5 Å². The molecule has 0 saturated heterocycles. The molecular formula is C23H23N5O2. The molecule has 0 atom stereocenters. The smallest absolute Gasteiger partial charge is 0.252 e. The molecule has 2 amide bonds. The van der Waals surface area contributed by atoms with Crippen LogP contribution in [0.1, 0.15) is 27.2 Å². The number of rotatable bonds is 6. The van der Waals surface area contributed by atoms with Crippen molar-refractivity contribution in [1.82, 2.24) is 15.3 Å². The molecule has 7 nitrogen and oxygen atoms in total. The lowest BCUT2D eigenvalue weighted by atomic mass is 10.1. The Kier molecular flexibility index (Phi) is 5.70. The van der Waals surface area contributed by atoms with Crippen LogP contribution in [-0.4, -0.2) is 34.9 Å². The number of nitrogens with one attached hydrogen (secondary N) is 2. The number of anilines is 2. The van der Waals surface area contributed by atoms with Crippen molar-refractivity contribution in [2.24, 2.45) is 0 Å². The van der Waals surface area contributed by atoms with Gasteiger partial charge in [0.15, 0.2) is 5.82 Å². The molecule has 0 fully saturated rings. The van der Waals surface area contributed by atoms with E-state index in [4.69, 9.17) is 0 Å². The molecule has 1 aromatic carbocycles. The first kappa shape index (κ1) is 19.6. The number of nitrogens with zero attached hydrogens (tertiary/aromatic N) is 3. The first-order valence-electron chi connectivity index (χ1n) is 9.89. The fourth-order valence-corrected chi connectivity index (χ4v) is 3.44. The lowest BCUT2D eigenvalue weighted by Crippen LogP contribution is -2.40. The molecule has 0 spiro atoms. The Morgan fingerprint density at radius 1 is 1.17 bits per heavy atom. The minimum Gasteiger partial charge on any atom is -0.359 e. The van der Waals surface area contributed by atoms with Crippen LogP contribution in [0.5, 0.6) is 0 Å². The molecule has 4 rings (SSSR count). The standard InChI is InChI=1S/C23H23N5O2/c1-16-6-2-3-7-17(16)9-11-25-23(30)18-12-20-22(26-13-18)27-14-21(29)28(20)15-19-8-4-5-10-24-19/h2-8,10,12-13H,9,11,14-15H2,1H3,(H,25,30)(H,26,27). The molecule has 1 aliphatic heterocycles. The van der Waals surface area contributed by atoms with Crippen molar-refractivity contribution in [3.63, 3.8) is 0 Å². The van der Waals surface area contributed by atoms with Gasteiger partial charge in [-0.1, -0.05) is 30.3 Å². The first-order valence-corrected chi connectivity index (χ1v) is 9.89. The summed E-state index contributed by atoms with van der Waals surface area (Å²) < 4.78 is 0. The molecule has 0 saturated carbocycles. The van der Waals surface area contributed by atoms with Gasteiger partial charge in [-0.2, -0.15) is 0 Å². The highest BCUT2D eigenvalue weighted by Gasteiger charge is 2.26. The normalized spacial score (nSPS) is 12.8. The van der Waals surface area contributed by atoms with Crippen LogP contribution in [0.25, 0.3) is 0 Å². The second-order valence-corrected chi connectivity index (χ2v) is 7.18. The number of benzene rings is 1. The number of hydrogen-bond donors (Lipinski definition) is 2. The highest BCUT2D eigenvalue weighted by Crippen LogP contribution is 2.29. The molecule has 0 aliphatic carbocycles. The summed E-state index contributed by atoms with van der Waals surface area (Å²) in [6.07, 6.45) is 3.98. The Morgan fingerprint density at radius 3 is 2.80 bits per heavy atom. The Balaban J connectivity index is 1.48. The molecular weight excluding hydrogens is 378 g/mol. The summed E-state index contributed by atoms with van der Waals surface area (Å²) >= 11 is 0. The zero-order valence-electron chi connectivity index (χ0n) is 16.8. The number of aromatic nitrogens is 2. The summed E-state index contributed by atoms with van der Waals surface area (Å²) in [5.41, 5.74) is 4.19. The van der Waals surface area contributed by atoms with E-state index in [-0.39, 0.29) is 18.4 Å². The average Bonchev–Trinajstić information content (AvgIpc) is 2.77. The number of pyridine rings is 2. The Labute approximate surface area is 175 Å². The fourth-order valence-electron chi connectivity index (χ4n) is 3.44. The van der Waals surface area contributed by atoms with Crippen molar-refractivity contribution < 1.29 is 9.59 Å². The zero-order chi connectivity index (χ0) is 20.9. The van der Waals surface area contributed by atoms with Gasteiger partial charge < -0.3 is 15.5 Å². The maximum atomic E-state index is 12.7. The van der Waals surface area contributed by atoms with Gasteiger partial charge >= 0.3 is 0 Å².